The second-order valence-electron chi connectivity index (χ2n) is 11.1. The molecule has 1 atom stereocenters. The van der Waals surface area contributed by atoms with Crippen molar-refractivity contribution in [3.8, 4) is 23.0 Å². The molecule has 0 aromatic heterocycles. The third-order valence-electron chi connectivity index (χ3n) is 6.70. The van der Waals surface area contributed by atoms with Gasteiger partial charge < -0.3 is 24.8 Å². The van der Waals surface area contributed by atoms with Crippen LogP contribution in [0.2, 0.25) is 0 Å². The molecule has 0 saturated carbocycles. The van der Waals surface area contributed by atoms with E-state index in [1.807, 2.05) is 26.8 Å². The van der Waals surface area contributed by atoms with E-state index < -0.39 is 17.0 Å². The van der Waals surface area contributed by atoms with Crippen molar-refractivity contribution in [3.05, 3.63) is 46.5 Å². The number of rotatable bonds is 6. The second kappa shape index (κ2) is 8.15. The molecule has 1 heterocycles. The standard InChI is InChI=1S/C27H36O6/c1-15-10-23-19(11-20(15)28)26(5,6)14-17(32-23)13-25(3,4)18-12-22(16(2)9-21(18)29)33-27(7,8)24(30)31/h9-12,17,28-29H,13-14H2,1-8H3,(H,30,31). The first-order chi connectivity index (χ1) is 15.0. The fourth-order valence-electron chi connectivity index (χ4n) is 4.63. The molecule has 2 aromatic carbocycles. The van der Waals surface area contributed by atoms with Crippen LogP contribution in [0.1, 0.15) is 76.6 Å². The molecule has 0 amide bonds. The van der Waals surface area contributed by atoms with Gasteiger partial charge >= 0.3 is 5.97 Å². The number of ether oxygens (including phenoxy) is 2. The van der Waals surface area contributed by atoms with Gasteiger partial charge in [0, 0.05) is 11.1 Å². The highest BCUT2D eigenvalue weighted by Gasteiger charge is 2.39. The fourth-order valence-corrected chi connectivity index (χ4v) is 4.63. The molecular formula is C27H36O6. The molecule has 180 valence electrons. The van der Waals surface area contributed by atoms with Gasteiger partial charge in [0.1, 0.15) is 29.1 Å². The van der Waals surface area contributed by atoms with Crippen molar-refractivity contribution in [1.82, 2.24) is 0 Å². The van der Waals surface area contributed by atoms with E-state index in [9.17, 15) is 20.1 Å². The molecule has 0 spiro atoms. The summed E-state index contributed by atoms with van der Waals surface area (Å²) in [4.78, 5) is 11.5. The largest absolute Gasteiger partial charge is 0.508 e. The van der Waals surface area contributed by atoms with Crippen molar-refractivity contribution in [3.63, 3.8) is 0 Å². The van der Waals surface area contributed by atoms with E-state index in [0.717, 1.165) is 23.3 Å². The predicted molar refractivity (Wildman–Crippen MR) is 128 cm³/mol. The number of aryl methyl sites for hydroxylation is 2. The highest BCUT2D eigenvalue weighted by molar-refractivity contribution is 5.77. The van der Waals surface area contributed by atoms with E-state index in [4.69, 9.17) is 9.47 Å². The van der Waals surface area contributed by atoms with Gasteiger partial charge in [-0.2, -0.15) is 0 Å². The Balaban J connectivity index is 1.92. The van der Waals surface area contributed by atoms with Gasteiger partial charge in [0.15, 0.2) is 5.60 Å². The molecule has 0 aliphatic carbocycles. The van der Waals surface area contributed by atoms with Gasteiger partial charge in [-0.3, -0.25) is 0 Å². The summed E-state index contributed by atoms with van der Waals surface area (Å²) in [6.45, 7) is 15.0. The van der Waals surface area contributed by atoms with Crippen LogP contribution < -0.4 is 9.47 Å². The number of fused-ring (bicyclic) bond motifs is 1. The number of hydrogen-bond acceptors (Lipinski definition) is 5. The van der Waals surface area contributed by atoms with Crippen LogP contribution in [0.4, 0.5) is 0 Å². The lowest BCUT2D eigenvalue weighted by molar-refractivity contribution is -0.152. The van der Waals surface area contributed by atoms with Crippen LogP contribution in [0.3, 0.4) is 0 Å². The van der Waals surface area contributed by atoms with Crippen LogP contribution in [-0.2, 0) is 15.6 Å². The number of carboxylic acid groups (broad SMARTS) is 1. The van der Waals surface area contributed by atoms with E-state index in [-0.39, 0.29) is 23.0 Å². The Morgan fingerprint density at radius 1 is 1.06 bits per heavy atom. The summed E-state index contributed by atoms with van der Waals surface area (Å²) < 4.78 is 12.2. The van der Waals surface area contributed by atoms with Gasteiger partial charge in [0.2, 0.25) is 0 Å². The van der Waals surface area contributed by atoms with Crippen LogP contribution in [0.25, 0.3) is 0 Å². The minimum atomic E-state index is -1.40. The van der Waals surface area contributed by atoms with E-state index >= 15 is 0 Å². The number of aliphatic carboxylic acids is 1. The molecule has 0 bridgehead atoms. The summed E-state index contributed by atoms with van der Waals surface area (Å²) in [5.74, 6) is 0.570. The highest BCUT2D eigenvalue weighted by Crippen LogP contribution is 2.47. The zero-order valence-electron chi connectivity index (χ0n) is 20.9. The molecule has 1 unspecified atom stereocenters. The van der Waals surface area contributed by atoms with Crippen LogP contribution in [0.15, 0.2) is 24.3 Å². The van der Waals surface area contributed by atoms with Gasteiger partial charge in [0.05, 0.1) is 0 Å². The number of carbonyl (C=O) groups is 1. The molecular weight excluding hydrogens is 420 g/mol. The number of phenols is 2. The summed E-state index contributed by atoms with van der Waals surface area (Å²) in [7, 11) is 0. The van der Waals surface area contributed by atoms with Crippen molar-refractivity contribution in [1.29, 1.82) is 0 Å². The van der Waals surface area contributed by atoms with E-state index in [0.29, 0.717) is 23.3 Å². The number of hydrogen-bond donors (Lipinski definition) is 3. The average molecular weight is 457 g/mol. The van der Waals surface area contributed by atoms with Crippen molar-refractivity contribution >= 4 is 5.97 Å². The molecule has 1 aliphatic heterocycles. The van der Waals surface area contributed by atoms with Gasteiger partial charge in [-0.15, -0.1) is 0 Å². The number of carboxylic acids is 1. The van der Waals surface area contributed by atoms with E-state index in [2.05, 4.69) is 13.8 Å². The SMILES string of the molecule is Cc1cc2c(cc1O)C(C)(C)CC(CC(C)(C)c1cc(OC(C)(C)C(=O)O)c(C)cc1O)O2. The van der Waals surface area contributed by atoms with Crippen molar-refractivity contribution in [2.75, 3.05) is 0 Å². The third-order valence-corrected chi connectivity index (χ3v) is 6.70. The minimum Gasteiger partial charge on any atom is -0.508 e. The Morgan fingerprint density at radius 3 is 2.30 bits per heavy atom. The average Bonchev–Trinajstić information content (AvgIpc) is 2.64. The van der Waals surface area contributed by atoms with Crippen LogP contribution in [-0.4, -0.2) is 33.0 Å². The maximum Gasteiger partial charge on any atom is 0.347 e. The molecule has 3 rings (SSSR count). The van der Waals surface area contributed by atoms with Crippen LogP contribution >= 0.6 is 0 Å². The smallest absolute Gasteiger partial charge is 0.347 e. The Kier molecular flexibility index (Phi) is 6.12. The molecule has 0 radical (unpaired) electrons. The van der Waals surface area contributed by atoms with Crippen LogP contribution in [0, 0.1) is 13.8 Å². The Hall–Kier alpha value is -2.89. The minimum absolute atomic E-state index is 0.105. The second-order valence-corrected chi connectivity index (χ2v) is 11.1. The Morgan fingerprint density at radius 2 is 1.70 bits per heavy atom. The zero-order valence-corrected chi connectivity index (χ0v) is 20.9. The zero-order chi connectivity index (χ0) is 24.9. The summed E-state index contributed by atoms with van der Waals surface area (Å²) >= 11 is 0. The molecule has 0 fully saturated rings. The summed E-state index contributed by atoms with van der Waals surface area (Å²) in [6, 6.07) is 7.05. The number of phenolic OH excluding ortho intramolecular Hbond substituents is 2. The molecule has 2 aromatic rings. The molecule has 0 saturated heterocycles. The first-order valence-corrected chi connectivity index (χ1v) is 11.3. The van der Waals surface area contributed by atoms with Crippen molar-refractivity contribution in [2.45, 2.75) is 90.8 Å². The first kappa shape index (κ1) is 24.7. The third kappa shape index (κ3) is 4.90. The lowest BCUT2D eigenvalue weighted by Crippen LogP contribution is -2.39. The lowest BCUT2D eigenvalue weighted by atomic mass is 9.72. The number of benzene rings is 2. The molecule has 33 heavy (non-hydrogen) atoms. The monoisotopic (exact) mass is 456 g/mol. The van der Waals surface area contributed by atoms with Gasteiger partial charge in [0.25, 0.3) is 0 Å². The molecule has 3 N–H and O–H groups in total. The molecule has 6 heteroatoms. The van der Waals surface area contributed by atoms with Crippen molar-refractivity contribution < 1.29 is 29.6 Å². The summed E-state index contributed by atoms with van der Waals surface area (Å²) in [6.07, 6.45) is 1.29. The molecule has 1 aliphatic rings. The van der Waals surface area contributed by atoms with Gasteiger partial charge in [-0.05, 0) is 86.8 Å². The Labute approximate surface area is 196 Å². The van der Waals surface area contributed by atoms with E-state index in [1.165, 1.54) is 13.8 Å². The summed E-state index contributed by atoms with van der Waals surface area (Å²) in [5, 5.41) is 30.4. The summed E-state index contributed by atoms with van der Waals surface area (Å²) in [5.41, 5.74) is 1.04. The van der Waals surface area contributed by atoms with Crippen LogP contribution in [0.5, 0.6) is 23.0 Å². The Bertz CT molecular complexity index is 1080. The molecule has 6 nitrogen and oxygen atoms in total. The normalized spacial score (nSPS) is 17.8. The van der Waals surface area contributed by atoms with Gasteiger partial charge in [-0.25, -0.2) is 4.79 Å². The maximum atomic E-state index is 11.5. The fraction of sp³-hybridized carbons (Fsp3) is 0.519. The lowest BCUT2D eigenvalue weighted by Gasteiger charge is -2.41. The number of aromatic hydroxyl groups is 2. The first-order valence-electron chi connectivity index (χ1n) is 11.3. The van der Waals surface area contributed by atoms with E-state index in [1.54, 1.807) is 25.1 Å². The quantitative estimate of drug-likeness (QED) is 0.512. The maximum absolute atomic E-state index is 11.5. The van der Waals surface area contributed by atoms with Crippen molar-refractivity contribution in [2.24, 2.45) is 0 Å². The van der Waals surface area contributed by atoms with Gasteiger partial charge in [-0.1, -0.05) is 27.7 Å². The topological polar surface area (TPSA) is 96.2 Å². The predicted octanol–water partition coefficient (Wildman–Crippen LogP) is 5.75. The highest BCUT2D eigenvalue weighted by atomic mass is 16.5.